The first-order chi connectivity index (χ1) is 6.50. The fourth-order valence-corrected chi connectivity index (χ4v) is 2.20. The Bertz CT molecular complexity index is 336. The average molecular weight is 214 g/mol. The zero-order valence-electron chi connectivity index (χ0n) is 8.50. The maximum Gasteiger partial charge on any atom is 0.317 e. The van der Waals surface area contributed by atoms with E-state index in [-0.39, 0.29) is 12.6 Å². The van der Waals surface area contributed by atoms with Crippen LogP contribution in [0.2, 0.25) is 0 Å². The van der Waals surface area contributed by atoms with E-state index in [2.05, 4.69) is 10.3 Å². The third-order valence-corrected chi connectivity index (χ3v) is 2.81. The summed E-state index contributed by atoms with van der Waals surface area (Å²) >= 11 is 1.63. The third-order valence-electron chi connectivity index (χ3n) is 1.91. The number of nitrogens with zero attached hydrogens (tertiary/aromatic N) is 1. The van der Waals surface area contributed by atoms with Crippen LogP contribution in [-0.2, 0) is 4.79 Å². The van der Waals surface area contributed by atoms with Crippen LogP contribution in [0, 0.1) is 13.8 Å². The van der Waals surface area contributed by atoms with Gasteiger partial charge in [-0.1, -0.05) is 0 Å². The first-order valence-corrected chi connectivity index (χ1v) is 5.21. The molecule has 1 unspecified atom stereocenters. The molecule has 1 aromatic heterocycles. The van der Waals surface area contributed by atoms with Gasteiger partial charge in [0.25, 0.3) is 0 Å². The summed E-state index contributed by atoms with van der Waals surface area (Å²) in [6, 6.07) is -0.00366. The Morgan fingerprint density at radius 2 is 2.29 bits per heavy atom. The quantitative estimate of drug-likeness (QED) is 0.797. The first-order valence-electron chi connectivity index (χ1n) is 4.40. The van der Waals surface area contributed by atoms with Crippen LogP contribution in [0.3, 0.4) is 0 Å². The van der Waals surface area contributed by atoms with Crippen molar-refractivity contribution in [3.8, 4) is 0 Å². The molecule has 78 valence electrons. The van der Waals surface area contributed by atoms with Gasteiger partial charge in [-0.3, -0.25) is 10.1 Å². The number of aromatic nitrogens is 1. The number of thiazole rings is 1. The summed E-state index contributed by atoms with van der Waals surface area (Å²) in [5.41, 5.74) is 0.953. The summed E-state index contributed by atoms with van der Waals surface area (Å²) in [6.07, 6.45) is 0. The largest absolute Gasteiger partial charge is 0.480 e. The van der Waals surface area contributed by atoms with Crippen LogP contribution in [0.25, 0.3) is 0 Å². The fourth-order valence-electron chi connectivity index (χ4n) is 1.28. The number of hydrogen-bond donors (Lipinski definition) is 2. The van der Waals surface area contributed by atoms with Gasteiger partial charge < -0.3 is 5.11 Å². The first kappa shape index (κ1) is 11.1. The smallest absolute Gasteiger partial charge is 0.317 e. The zero-order chi connectivity index (χ0) is 10.7. The molecule has 0 spiro atoms. The standard InChI is InChI=1S/C9H14N2O2S/c1-5(10-4-8(12)13)9-6(2)14-7(3)11-9/h5,10H,4H2,1-3H3,(H,12,13). The van der Waals surface area contributed by atoms with Gasteiger partial charge in [0.2, 0.25) is 0 Å². The molecule has 0 aliphatic heterocycles. The summed E-state index contributed by atoms with van der Waals surface area (Å²) in [7, 11) is 0. The molecule has 0 radical (unpaired) electrons. The second-order valence-electron chi connectivity index (χ2n) is 3.17. The molecule has 0 aromatic carbocycles. The van der Waals surface area contributed by atoms with Crippen LogP contribution < -0.4 is 5.32 Å². The number of aliphatic carboxylic acids is 1. The number of rotatable bonds is 4. The molecule has 1 rings (SSSR count). The Labute approximate surface area is 87.0 Å². The molecule has 5 heteroatoms. The number of hydrogen-bond acceptors (Lipinski definition) is 4. The van der Waals surface area contributed by atoms with Crippen LogP contribution in [0.1, 0.15) is 28.5 Å². The molecule has 0 fully saturated rings. The maximum absolute atomic E-state index is 10.3. The van der Waals surface area contributed by atoms with E-state index in [1.807, 2.05) is 20.8 Å². The van der Waals surface area contributed by atoms with Crippen molar-refractivity contribution in [2.45, 2.75) is 26.8 Å². The molecular weight excluding hydrogens is 200 g/mol. The molecule has 1 aromatic rings. The molecule has 2 N–H and O–H groups in total. The number of carboxylic acids is 1. The van der Waals surface area contributed by atoms with Crippen LogP contribution in [0.4, 0.5) is 0 Å². The van der Waals surface area contributed by atoms with Crippen molar-refractivity contribution in [2.75, 3.05) is 6.54 Å². The lowest BCUT2D eigenvalue weighted by molar-refractivity contribution is -0.136. The molecule has 14 heavy (non-hydrogen) atoms. The van der Waals surface area contributed by atoms with Crippen molar-refractivity contribution in [1.82, 2.24) is 10.3 Å². The van der Waals surface area contributed by atoms with E-state index >= 15 is 0 Å². The minimum absolute atomic E-state index is 0.00366. The highest BCUT2D eigenvalue weighted by Gasteiger charge is 2.13. The summed E-state index contributed by atoms with van der Waals surface area (Å²) in [4.78, 5) is 15.8. The van der Waals surface area contributed by atoms with E-state index in [1.165, 1.54) is 0 Å². The number of carbonyl (C=O) groups is 1. The van der Waals surface area contributed by atoms with E-state index in [9.17, 15) is 4.79 Å². The van der Waals surface area contributed by atoms with Gasteiger partial charge in [-0.15, -0.1) is 11.3 Å². The highest BCUT2D eigenvalue weighted by atomic mass is 32.1. The van der Waals surface area contributed by atoms with E-state index in [0.717, 1.165) is 15.6 Å². The van der Waals surface area contributed by atoms with Crippen molar-refractivity contribution in [3.63, 3.8) is 0 Å². The van der Waals surface area contributed by atoms with Crippen molar-refractivity contribution in [2.24, 2.45) is 0 Å². The maximum atomic E-state index is 10.3. The van der Waals surface area contributed by atoms with Crippen molar-refractivity contribution in [1.29, 1.82) is 0 Å². The van der Waals surface area contributed by atoms with Crippen LogP contribution in [-0.4, -0.2) is 22.6 Å². The average Bonchev–Trinajstić information content (AvgIpc) is 2.41. The van der Waals surface area contributed by atoms with Gasteiger partial charge in [0, 0.05) is 10.9 Å². The molecule has 4 nitrogen and oxygen atoms in total. The summed E-state index contributed by atoms with van der Waals surface area (Å²) in [5, 5.41) is 12.4. The Hall–Kier alpha value is -0.940. The summed E-state index contributed by atoms with van der Waals surface area (Å²) in [6.45, 7) is 5.84. The molecule has 1 atom stereocenters. The summed E-state index contributed by atoms with van der Waals surface area (Å²) in [5.74, 6) is -0.846. The SMILES string of the molecule is Cc1nc(C(C)NCC(=O)O)c(C)s1. The number of nitrogens with one attached hydrogen (secondary N) is 1. The fraction of sp³-hybridized carbons (Fsp3) is 0.556. The molecule has 1 heterocycles. The lowest BCUT2D eigenvalue weighted by Crippen LogP contribution is -2.26. The van der Waals surface area contributed by atoms with Crippen molar-refractivity contribution < 1.29 is 9.90 Å². The minimum Gasteiger partial charge on any atom is -0.480 e. The molecule has 0 bridgehead atoms. The van der Waals surface area contributed by atoms with Crippen molar-refractivity contribution in [3.05, 3.63) is 15.6 Å². The molecule has 0 aliphatic rings. The summed E-state index contributed by atoms with van der Waals surface area (Å²) < 4.78 is 0. The predicted molar refractivity (Wildman–Crippen MR) is 55.6 cm³/mol. The Kier molecular flexibility index (Phi) is 3.60. The number of aryl methyl sites for hydroxylation is 2. The van der Waals surface area contributed by atoms with Gasteiger partial charge in [0.1, 0.15) is 0 Å². The zero-order valence-corrected chi connectivity index (χ0v) is 9.31. The number of carboxylic acid groups (broad SMARTS) is 1. The van der Waals surface area contributed by atoms with Gasteiger partial charge in [0.15, 0.2) is 0 Å². The Morgan fingerprint density at radius 1 is 1.64 bits per heavy atom. The van der Waals surface area contributed by atoms with Crippen molar-refractivity contribution >= 4 is 17.3 Å². The van der Waals surface area contributed by atoms with E-state index in [0.29, 0.717) is 0 Å². The molecule has 0 saturated heterocycles. The molecular formula is C9H14N2O2S. The van der Waals surface area contributed by atoms with Gasteiger partial charge in [-0.05, 0) is 20.8 Å². The molecule has 0 amide bonds. The monoisotopic (exact) mass is 214 g/mol. The normalized spacial score (nSPS) is 12.8. The minimum atomic E-state index is -0.846. The lowest BCUT2D eigenvalue weighted by Gasteiger charge is -2.10. The van der Waals surface area contributed by atoms with E-state index < -0.39 is 5.97 Å². The second kappa shape index (κ2) is 4.52. The Morgan fingerprint density at radius 3 is 2.71 bits per heavy atom. The van der Waals surface area contributed by atoms with Crippen LogP contribution in [0.15, 0.2) is 0 Å². The van der Waals surface area contributed by atoms with E-state index in [1.54, 1.807) is 11.3 Å². The van der Waals surface area contributed by atoms with Crippen LogP contribution >= 0.6 is 11.3 Å². The highest BCUT2D eigenvalue weighted by Crippen LogP contribution is 2.21. The third kappa shape index (κ3) is 2.78. The highest BCUT2D eigenvalue weighted by molar-refractivity contribution is 7.11. The molecule has 0 saturated carbocycles. The lowest BCUT2D eigenvalue weighted by atomic mass is 10.2. The van der Waals surface area contributed by atoms with Gasteiger partial charge in [-0.2, -0.15) is 0 Å². The topological polar surface area (TPSA) is 62.2 Å². The van der Waals surface area contributed by atoms with Gasteiger partial charge >= 0.3 is 5.97 Å². The van der Waals surface area contributed by atoms with E-state index in [4.69, 9.17) is 5.11 Å². The second-order valence-corrected chi connectivity index (χ2v) is 4.58. The predicted octanol–water partition coefficient (Wildman–Crippen LogP) is 1.50. The molecule has 0 aliphatic carbocycles. The van der Waals surface area contributed by atoms with Gasteiger partial charge in [0.05, 0.1) is 17.2 Å². The van der Waals surface area contributed by atoms with Crippen LogP contribution in [0.5, 0.6) is 0 Å². The Balaban J connectivity index is 2.64. The van der Waals surface area contributed by atoms with Gasteiger partial charge in [-0.25, -0.2) is 4.98 Å².